The quantitative estimate of drug-likeness (QED) is 0.457. The average Bonchev–Trinajstić information content (AvgIpc) is 2.77. The van der Waals surface area contributed by atoms with E-state index in [2.05, 4.69) is 15.9 Å². The summed E-state index contributed by atoms with van der Waals surface area (Å²) in [6.45, 7) is 5.88. The molecule has 162 valence electrons. The molecular weight excluding hydrogens is 464 g/mol. The van der Waals surface area contributed by atoms with E-state index in [9.17, 15) is 9.59 Å². The summed E-state index contributed by atoms with van der Waals surface area (Å²) in [7, 11) is 0. The van der Waals surface area contributed by atoms with Crippen LogP contribution in [0.2, 0.25) is 0 Å². The van der Waals surface area contributed by atoms with Gasteiger partial charge in [0.15, 0.2) is 0 Å². The first-order chi connectivity index (χ1) is 15.4. The molecule has 1 aliphatic rings. The fourth-order valence-electron chi connectivity index (χ4n) is 4.30. The summed E-state index contributed by atoms with van der Waals surface area (Å²) >= 11 is 3.45. The van der Waals surface area contributed by atoms with Gasteiger partial charge in [-0.25, -0.2) is 0 Å². The normalized spacial score (nSPS) is 17.1. The number of carbonyl (C=O) groups is 2. The molecule has 0 unspecified atom stereocenters. The molecule has 1 saturated heterocycles. The van der Waals surface area contributed by atoms with Gasteiger partial charge in [-0.15, -0.1) is 0 Å². The Morgan fingerprint density at radius 3 is 2.16 bits per heavy atom. The van der Waals surface area contributed by atoms with Crippen LogP contribution in [0.4, 0.5) is 11.4 Å². The minimum Gasteiger partial charge on any atom is -0.300 e. The standard InChI is InChI=1S/C27H25BrN2O2/c1-18-8-7-9-19(2)25(18)29-17-24(31)30(23-14-12-22(28)13-15-23)26(27(29)32)20(3)16-21-10-5-4-6-11-21/h4-16,26H,17H2,1-3H3/b20-16+/t26-/m0/s1. The predicted octanol–water partition coefficient (Wildman–Crippen LogP) is 5.92. The first-order valence-electron chi connectivity index (χ1n) is 10.6. The number of rotatable bonds is 4. The van der Waals surface area contributed by atoms with Gasteiger partial charge in [-0.05, 0) is 67.3 Å². The van der Waals surface area contributed by atoms with E-state index in [1.807, 2.05) is 99.6 Å². The van der Waals surface area contributed by atoms with Crippen LogP contribution in [-0.2, 0) is 9.59 Å². The van der Waals surface area contributed by atoms with Gasteiger partial charge in [0.25, 0.3) is 5.91 Å². The maximum absolute atomic E-state index is 13.9. The van der Waals surface area contributed by atoms with Gasteiger partial charge in [0.2, 0.25) is 5.91 Å². The summed E-state index contributed by atoms with van der Waals surface area (Å²) in [4.78, 5) is 30.7. The van der Waals surface area contributed by atoms with Crippen LogP contribution in [0.5, 0.6) is 0 Å². The van der Waals surface area contributed by atoms with E-state index >= 15 is 0 Å². The molecule has 0 bridgehead atoms. The highest BCUT2D eigenvalue weighted by Crippen LogP contribution is 2.33. The van der Waals surface area contributed by atoms with Crippen LogP contribution in [-0.4, -0.2) is 24.4 Å². The Bertz CT molecular complexity index is 1170. The van der Waals surface area contributed by atoms with Crippen LogP contribution < -0.4 is 9.80 Å². The molecule has 1 atom stereocenters. The van der Waals surface area contributed by atoms with Crippen molar-refractivity contribution in [3.8, 4) is 0 Å². The number of nitrogens with zero attached hydrogens (tertiary/aromatic N) is 2. The fraction of sp³-hybridized carbons (Fsp3) is 0.185. The molecule has 0 saturated carbocycles. The molecule has 3 aromatic rings. The zero-order valence-corrected chi connectivity index (χ0v) is 20.0. The van der Waals surface area contributed by atoms with Gasteiger partial charge in [0.1, 0.15) is 12.6 Å². The number of carbonyl (C=O) groups excluding carboxylic acids is 2. The number of piperazine rings is 1. The summed E-state index contributed by atoms with van der Waals surface area (Å²) in [6, 6.07) is 22.6. The van der Waals surface area contributed by atoms with Crippen molar-refractivity contribution in [3.05, 3.63) is 99.5 Å². The van der Waals surface area contributed by atoms with Crippen LogP contribution in [0.1, 0.15) is 23.6 Å². The summed E-state index contributed by atoms with van der Waals surface area (Å²) in [5.41, 5.74) is 5.29. The molecule has 0 aliphatic carbocycles. The van der Waals surface area contributed by atoms with E-state index < -0.39 is 6.04 Å². The first kappa shape index (κ1) is 22.0. The van der Waals surface area contributed by atoms with Gasteiger partial charge in [-0.3, -0.25) is 14.5 Å². The number of hydrogen-bond acceptors (Lipinski definition) is 2. The number of benzene rings is 3. The van der Waals surface area contributed by atoms with Gasteiger partial charge < -0.3 is 4.90 Å². The number of aryl methyl sites for hydroxylation is 2. The van der Waals surface area contributed by atoms with E-state index in [4.69, 9.17) is 0 Å². The van der Waals surface area contributed by atoms with E-state index in [0.717, 1.165) is 32.4 Å². The van der Waals surface area contributed by atoms with Crippen LogP contribution >= 0.6 is 15.9 Å². The monoisotopic (exact) mass is 488 g/mol. The molecule has 2 amide bonds. The third-order valence-electron chi connectivity index (χ3n) is 5.76. The Kier molecular flexibility index (Phi) is 6.28. The molecule has 32 heavy (non-hydrogen) atoms. The highest BCUT2D eigenvalue weighted by molar-refractivity contribution is 9.10. The van der Waals surface area contributed by atoms with Gasteiger partial charge in [0.05, 0.1) is 5.69 Å². The van der Waals surface area contributed by atoms with Crippen LogP contribution in [0.15, 0.2) is 82.8 Å². The Hall–Kier alpha value is -3.18. The second-order valence-electron chi connectivity index (χ2n) is 8.11. The summed E-state index contributed by atoms with van der Waals surface area (Å²) in [5, 5.41) is 0. The molecule has 1 heterocycles. The second kappa shape index (κ2) is 9.13. The number of amides is 2. The molecule has 3 aromatic carbocycles. The first-order valence-corrected chi connectivity index (χ1v) is 11.3. The molecular formula is C27H25BrN2O2. The summed E-state index contributed by atoms with van der Waals surface area (Å²) in [5.74, 6) is -0.213. The molecule has 1 aliphatic heterocycles. The molecule has 0 spiro atoms. The number of para-hydroxylation sites is 1. The van der Waals surface area contributed by atoms with Gasteiger partial charge in [-0.2, -0.15) is 0 Å². The maximum Gasteiger partial charge on any atom is 0.254 e. The van der Waals surface area contributed by atoms with Crippen molar-refractivity contribution in [3.63, 3.8) is 0 Å². The summed E-state index contributed by atoms with van der Waals surface area (Å²) in [6.07, 6.45) is 1.98. The second-order valence-corrected chi connectivity index (χ2v) is 9.02. The van der Waals surface area contributed by atoms with E-state index in [-0.39, 0.29) is 18.4 Å². The third-order valence-corrected chi connectivity index (χ3v) is 6.29. The highest BCUT2D eigenvalue weighted by Gasteiger charge is 2.42. The number of anilines is 2. The molecule has 0 N–H and O–H groups in total. The predicted molar refractivity (Wildman–Crippen MR) is 134 cm³/mol. The Labute approximate surface area is 197 Å². The van der Waals surface area contributed by atoms with Crippen molar-refractivity contribution in [2.24, 2.45) is 0 Å². The Morgan fingerprint density at radius 2 is 1.53 bits per heavy atom. The Balaban J connectivity index is 1.83. The zero-order chi connectivity index (χ0) is 22.8. The van der Waals surface area contributed by atoms with E-state index in [1.165, 1.54) is 0 Å². The zero-order valence-electron chi connectivity index (χ0n) is 18.4. The van der Waals surface area contributed by atoms with Gasteiger partial charge in [0, 0.05) is 10.2 Å². The number of halogens is 1. The van der Waals surface area contributed by atoms with Crippen molar-refractivity contribution in [2.75, 3.05) is 16.3 Å². The molecule has 1 fully saturated rings. The maximum atomic E-state index is 13.9. The topological polar surface area (TPSA) is 40.6 Å². The molecule has 0 aromatic heterocycles. The van der Waals surface area contributed by atoms with Crippen LogP contribution in [0, 0.1) is 13.8 Å². The van der Waals surface area contributed by atoms with Crippen molar-refractivity contribution in [1.82, 2.24) is 0 Å². The van der Waals surface area contributed by atoms with Gasteiger partial charge >= 0.3 is 0 Å². The van der Waals surface area contributed by atoms with Gasteiger partial charge in [-0.1, -0.05) is 70.5 Å². The van der Waals surface area contributed by atoms with Crippen LogP contribution in [0.3, 0.4) is 0 Å². The van der Waals surface area contributed by atoms with E-state index in [1.54, 1.807) is 9.80 Å². The van der Waals surface area contributed by atoms with Crippen molar-refractivity contribution in [1.29, 1.82) is 0 Å². The molecule has 0 radical (unpaired) electrons. The largest absolute Gasteiger partial charge is 0.300 e. The lowest BCUT2D eigenvalue weighted by atomic mass is 9.97. The number of hydrogen-bond donors (Lipinski definition) is 0. The average molecular weight is 489 g/mol. The van der Waals surface area contributed by atoms with Crippen molar-refractivity contribution < 1.29 is 9.59 Å². The minimum atomic E-state index is -0.725. The van der Waals surface area contributed by atoms with Crippen LogP contribution in [0.25, 0.3) is 6.08 Å². The lowest BCUT2D eigenvalue weighted by Gasteiger charge is -2.41. The highest BCUT2D eigenvalue weighted by atomic mass is 79.9. The molecule has 4 nitrogen and oxygen atoms in total. The fourth-order valence-corrected chi connectivity index (χ4v) is 4.56. The molecule has 5 heteroatoms. The smallest absolute Gasteiger partial charge is 0.254 e. The lowest BCUT2D eigenvalue weighted by molar-refractivity contribution is -0.127. The minimum absolute atomic E-state index is 0.00963. The Morgan fingerprint density at radius 1 is 0.906 bits per heavy atom. The van der Waals surface area contributed by atoms with E-state index in [0.29, 0.717) is 5.69 Å². The van der Waals surface area contributed by atoms with Crippen molar-refractivity contribution >= 4 is 45.2 Å². The lowest BCUT2D eigenvalue weighted by Crippen LogP contribution is -2.61. The molecule has 4 rings (SSSR count). The third kappa shape index (κ3) is 4.26. The van der Waals surface area contributed by atoms with Crippen molar-refractivity contribution in [2.45, 2.75) is 26.8 Å². The SMILES string of the molecule is C/C(=C\c1ccccc1)[C@H]1C(=O)N(c2c(C)cccc2C)CC(=O)N1c1ccc(Br)cc1. The summed E-state index contributed by atoms with van der Waals surface area (Å²) < 4.78 is 0.919.